The predicted molar refractivity (Wildman–Crippen MR) is 291 cm³/mol. The van der Waals surface area contributed by atoms with Crippen LogP contribution in [-0.2, 0) is 98.8 Å². The number of carbonyl (C=O) groups excluding carboxylic acids is 5. The number of aliphatic hydroxyl groups excluding tert-OH is 6. The quantitative estimate of drug-likeness (QED) is 0.0594. The number of alkyl halides is 6. The van der Waals surface area contributed by atoms with E-state index in [1.54, 1.807) is 51.1 Å². The van der Waals surface area contributed by atoms with E-state index in [4.69, 9.17) is 131 Å². The molecule has 5 fully saturated rings. The molecular weight excluding hydrogens is 1250 g/mol. The SMILES string of the molecule is CC(=O)OCC1O[C@@H](O[C@@H]2C(NC(=O)C(Cl)(Cl)Cl)[C@H](OCc3ccccc3)OC3COC(C)(C)O[C@H]32)C(OC(C)=O)[C@@H](C)[C@H]1OC(C)=O.O=C(NC1[C@H](OCc2ccccc2)OC(CO)[C@@H](O)[C@@H]1O[C@@H]1OC(CO)[C@H](O)[C@H](O)C1O)C(Cl)(Cl)Cl. The second kappa shape index (κ2) is 30.9. The molecule has 0 saturated carbocycles. The Labute approximate surface area is 512 Å². The average molecular weight is 1320 g/mol. The van der Waals surface area contributed by atoms with Gasteiger partial charge in [0.15, 0.2) is 37.1 Å². The lowest BCUT2D eigenvalue weighted by atomic mass is 9.89. The first-order valence-corrected chi connectivity index (χ1v) is 28.4. The first-order valence-electron chi connectivity index (χ1n) is 26.2. The number of aliphatic hydroxyl groups is 6. The standard InChI is InChI=1S/C31H40Cl3NO13.C21H28Cl3NO11/c1-15-23(43-17(3)37)20(13-40-16(2)36)46-28(24(15)44-18(4)38)47-26-22(35-29(39)31(32,33)34)27(41-12-19-10-8-7-9-11-19)45-21-14-42-30(5,6)48-25(21)26;22-21(23,24)20(32)25-12-17(36-19-16(31)15(30)13(28)10(6-26)35-19)14(29)11(7-27)34-18(12)33-8-9-4-2-1-3-5-9/h7-11,15,20-28H,12-14H2,1-6H3,(H,35,39);1-5,10-19,26-31H,6-8H2,(H,25,32)/t15-,20?,21?,22?,23+,24?,25+,26+,27+,28-;10?,11?,12?,13-,14+,15-,16?,17+,18+,19-/m00/s1. The summed E-state index contributed by atoms with van der Waals surface area (Å²) in [6, 6.07) is 15.5. The molecule has 0 aromatic heterocycles. The Balaban J connectivity index is 0.000000281. The number of benzene rings is 2. The van der Waals surface area contributed by atoms with Crippen molar-refractivity contribution in [2.45, 2.75) is 185 Å². The van der Waals surface area contributed by atoms with Crippen LogP contribution < -0.4 is 10.6 Å². The van der Waals surface area contributed by atoms with Gasteiger partial charge in [-0.2, -0.15) is 0 Å². The summed E-state index contributed by atoms with van der Waals surface area (Å²) in [6.07, 6.45) is -22.8. The van der Waals surface area contributed by atoms with Gasteiger partial charge in [-0.05, 0) is 25.0 Å². The predicted octanol–water partition coefficient (Wildman–Crippen LogP) is 1.43. The number of halogens is 6. The fourth-order valence-electron chi connectivity index (χ4n) is 9.54. The van der Waals surface area contributed by atoms with E-state index >= 15 is 0 Å². The van der Waals surface area contributed by atoms with Crippen LogP contribution in [0.15, 0.2) is 60.7 Å². The minimum atomic E-state index is -2.42. The van der Waals surface area contributed by atoms with Gasteiger partial charge in [-0.3, -0.25) is 24.0 Å². The number of amides is 2. The topological polar surface area (TPSA) is 351 Å². The molecule has 2 aromatic carbocycles. The van der Waals surface area contributed by atoms with Crippen molar-refractivity contribution in [3.05, 3.63) is 71.8 Å². The molecule has 472 valence electrons. The van der Waals surface area contributed by atoms with Gasteiger partial charge in [0.1, 0.15) is 91.9 Å². The Morgan fingerprint density at radius 3 is 1.55 bits per heavy atom. The first-order chi connectivity index (χ1) is 39.4. The highest BCUT2D eigenvalue weighted by Crippen LogP contribution is 2.40. The van der Waals surface area contributed by atoms with Gasteiger partial charge in [-0.25, -0.2) is 0 Å². The number of hydrogen-bond donors (Lipinski definition) is 8. The maximum Gasteiger partial charge on any atom is 0.303 e. The molecule has 32 heteroatoms. The molecule has 0 bridgehead atoms. The van der Waals surface area contributed by atoms with Crippen LogP contribution >= 0.6 is 69.6 Å². The van der Waals surface area contributed by atoms with E-state index in [1.807, 2.05) is 30.3 Å². The molecule has 8 N–H and O–H groups in total. The summed E-state index contributed by atoms with van der Waals surface area (Å²) >= 11 is 35.0. The lowest BCUT2D eigenvalue weighted by Crippen LogP contribution is -2.71. The van der Waals surface area contributed by atoms with Crippen LogP contribution in [0.3, 0.4) is 0 Å². The van der Waals surface area contributed by atoms with Gasteiger partial charge in [0.25, 0.3) is 19.4 Å². The van der Waals surface area contributed by atoms with E-state index in [0.29, 0.717) is 0 Å². The number of carbonyl (C=O) groups is 5. The van der Waals surface area contributed by atoms with Crippen LogP contribution in [0.25, 0.3) is 0 Å². The third-order valence-electron chi connectivity index (χ3n) is 13.6. The minimum Gasteiger partial charge on any atom is -0.463 e. The molecule has 7 rings (SSSR count). The molecule has 0 aliphatic carbocycles. The first kappa shape index (κ1) is 70.0. The fourth-order valence-corrected chi connectivity index (χ4v) is 9.87. The maximum absolute atomic E-state index is 13.1. The molecule has 5 saturated heterocycles. The summed E-state index contributed by atoms with van der Waals surface area (Å²) in [5.41, 5.74) is 1.53. The van der Waals surface area contributed by atoms with Gasteiger partial charge < -0.3 is 103 Å². The second-order valence-corrected chi connectivity index (χ2v) is 25.0. The van der Waals surface area contributed by atoms with Crippen molar-refractivity contribution >= 4 is 99.3 Å². The molecule has 5 aliphatic rings. The number of hydrogen-bond acceptors (Lipinski definition) is 24. The lowest BCUT2D eigenvalue weighted by molar-refractivity contribution is -0.392. The minimum absolute atomic E-state index is 0.0212. The zero-order chi connectivity index (χ0) is 62.0. The van der Waals surface area contributed by atoms with E-state index in [2.05, 4.69) is 10.6 Å². The van der Waals surface area contributed by atoms with Gasteiger partial charge >= 0.3 is 17.9 Å². The van der Waals surface area contributed by atoms with Crippen LogP contribution in [-0.4, -0.2) is 217 Å². The molecule has 2 amide bonds. The Bertz CT molecular complexity index is 2470. The van der Waals surface area contributed by atoms with Crippen molar-refractivity contribution in [3.63, 3.8) is 0 Å². The zero-order valence-corrected chi connectivity index (χ0v) is 50.4. The second-order valence-electron chi connectivity index (χ2n) is 20.4. The lowest BCUT2D eigenvalue weighted by Gasteiger charge is -2.53. The molecule has 0 spiro atoms. The molecule has 5 aliphatic heterocycles. The third-order valence-corrected chi connectivity index (χ3v) is 14.6. The van der Waals surface area contributed by atoms with E-state index in [0.717, 1.165) is 11.1 Å². The zero-order valence-electron chi connectivity index (χ0n) is 45.9. The summed E-state index contributed by atoms with van der Waals surface area (Å²) in [7, 11) is 0. The highest BCUT2D eigenvalue weighted by molar-refractivity contribution is 6.76. The van der Waals surface area contributed by atoms with Crippen molar-refractivity contribution in [2.24, 2.45) is 5.92 Å². The molecule has 26 nitrogen and oxygen atoms in total. The van der Waals surface area contributed by atoms with E-state index in [-0.39, 0.29) is 26.4 Å². The number of fused-ring (bicyclic) bond motifs is 1. The highest BCUT2D eigenvalue weighted by Gasteiger charge is 2.58. The summed E-state index contributed by atoms with van der Waals surface area (Å²) in [4.78, 5) is 61.8. The van der Waals surface area contributed by atoms with E-state index < -0.39 is 179 Å². The number of ether oxygens (including phenoxy) is 13. The van der Waals surface area contributed by atoms with Crippen molar-refractivity contribution in [3.8, 4) is 0 Å². The van der Waals surface area contributed by atoms with Crippen LogP contribution in [0.2, 0.25) is 0 Å². The normalized spacial score (nSPS) is 35.0. The smallest absolute Gasteiger partial charge is 0.303 e. The van der Waals surface area contributed by atoms with Gasteiger partial charge in [0, 0.05) is 26.7 Å². The van der Waals surface area contributed by atoms with Gasteiger partial charge in [-0.1, -0.05) is 137 Å². The van der Waals surface area contributed by atoms with Crippen LogP contribution in [0.1, 0.15) is 52.7 Å². The third kappa shape index (κ3) is 19.0. The molecule has 2 aromatic rings. The Morgan fingerprint density at radius 1 is 0.583 bits per heavy atom. The average Bonchev–Trinajstić information content (AvgIpc) is 1.27. The van der Waals surface area contributed by atoms with E-state index in [9.17, 15) is 54.6 Å². The van der Waals surface area contributed by atoms with Crippen molar-refractivity contribution in [2.75, 3.05) is 26.4 Å². The summed E-state index contributed by atoms with van der Waals surface area (Å²) < 4.78 is 71.6. The van der Waals surface area contributed by atoms with Crippen molar-refractivity contribution < 1.29 is 116 Å². The Hall–Kier alpha value is -3.11. The highest BCUT2D eigenvalue weighted by atomic mass is 35.6. The molecule has 84 heavy (non-hydrogen) atoms. The maximum atomic E-state index is 13.1. The monoisotopic (exact) mass is 1310 g/mol. The molecule has 8 unspecified atom stereocenters. The molecule has 20 atom stereocenters. The van der Waals surface area contributed by atoms with Crippen molar-refractivity contribution in [1.29, 1.82) is 0 Å². The van der Waals surface area contributed by atoms with Crippen LogP contribution in [0, 0.1) is 5.92 Å². The molecular formula is C52H68Cl6N2O24. The van der Waals surface area contributed by atoms with Crippen LogP contribution in [0.5, 0.6) is 0 Å². The van der Waals surface area contributed by atoms with Crippen LogP contribution in [0.4, 0.5) is 0 Å². The Kier molecular flexibility index (Phi) is 25.7. The molecule has 0 radical (unpaired) electrons. The van der Waals surface area contributed by atoms with Gasteiger partial charge in [0.05, 0.1) is 33.0 Å². The largest absolute Gasteiger partial charge is 0.463 e. The van der Waals surface area contributed by atoms with Crippen molar-refractivity contribution in [1.82, 2.24) is 10.6 Å². The number of nitrogens with one attached hydrogen (secondary N) is 2. The summed E-state index contributed by atoms with van der Waals surface area (Å²) in [6.45, 7) is 7.00. The van der Waals surface area contributed by atoms with E-state index in [1.165, 1.54) is 20.8 Å². The summed E-state index contributed by atoms with van der Waals surface area (Å²) in [5, 5.41) is 65.6. The Morgan fingerprint density at radius 2 is 1.05 bits per heavy atom. The molecule has 5 heterocycles. The fraction of sp³-hybridized carbons (Fsp3) is 0.673. The number of esters is 3. The van der Waals surface area contributed by atoms with Gasteiger partial charge in [-0.15, -0.1) is 0 Å². The summed E-state index contributed by atoms with van der Waals surface area (Å²) in [5.74, 6) is -5.91. The number of rotatable bonds is 18. The van der Waals surface area contributed by atoms with Gasteiger partial charge in [0.2, 0.25) is 0 Å².